The molecule has 2 rings (SSSR count). The van der Waals surface area contributed by atoms with Gasteiger partial charge in [0.2, 0.25) is 0 Å². The van der Waals surface area contributed by atoms with Gasteiger partial charge in [-0.3, -0.25) is 14.5 Å². The van der Waals surface area contributed by atoms with E-state index in [1.165, 1.54) is 0 Å². The highest BCUT2D eigenvalue weighted by molar-refractivity contribution is 6.08. The highest BCUT2D eigenvalue weighted by Crippen LogP contribution is 2.16. The summed E-state index contributed by atoms with van der Waals surface area (Å²) in [6.45, 7) is 2.99. The van der Waals surface area contributed by atoms with E-state index < -0.39 is 30.0 Å². The fraction of sp³-hybridized carbons (Fsp3) is 0.400. The van der Waals surface area contributed by atoms with Crippen LogP contribution in [0.3, 0.4) is 0 Å². The van der Waals surface area contributed by atoms with Gasteiger partial charge in [0.25, 0.3) is 5.91 Å². The van der Waals surface area contributed by atoms with Gasteiger partial charge in [0.1, 0.15) is 31.0 Å². The molecular weight excluding hydrogens is 288 g/mol. The minimum Gasteiger partial charge on any atom is -0.490 e. The lowest BCUT2D eigenvalue weighted by molar-refractivity contribution is -0.148. The molecule has 1 aliphatic heterocycles. The van der Waals surface area contributed by atoms with Gasteiger partial charge >= 0.3 is 12.0 Å². The minimum absolute atomic E-state index is 0.0424. The van der Waals surface area contributed by atoms with Crippen molar-refractivity contribution < 1.29 is 23.9 Å². The predicted molar refractivity (Wildman–Crippen MR) is 77.2 cm³/mol. The largest absolute Gasteiger partial charge is 0.490 e. The molecule has 0 saturated carbocycles. The number of carbonyl (C=O) groups is 3. The Kier molecular flexibility index (Phi) is 4.65. The fourth-order valence-corrected chi connectivity index (χ4v) is 1.97. The van der Waals surface area contributed by atoms with Crippen LogP contribution in [-0.2, 0) is 14.3 Å². The number of hydrogen-bond donors (Lipinski definition) is 1. The summed E-state index contributed by atoms with van der Waals surface area (Å²) in [5.74, 6) is -0.428. The summed E-state index contributed by atoms with van der Waals surface area (Å²) in [5.41, 5.74) is -0.992. The van der Waals surface area contributed by atoms with E-state index >= 15 is 0 Å². The van der Waals surface area contributed by atoms with Crippen molar-refractivity contribution in [1.82, 2.24) is 10.2 Å². The molecule has 0 aliphatic carbocycles. The molecule has 118 valence electrons. The zero-order valence-corrected chi connectivity index (χ0v) is 12.5. The van der Waals surface area contributed by atoms with Crippen LogP contribution in [0.4, 0.5) is 4.79 Å². The summed E-state index contributed by atoms with van der Waals surface area (Å²) >= 11 is 0. The normalized spacial score (nSPS) is 16.4. The molecule has 1 N–H and O–H groups in total. The van der Waals surface area contributed by atoms with Crippen LogP contribution in [0.2, 0.25) is 0 Å². The third-order valence-electron chi connectivity index (χ3n) is 3.09. The zero-order valence-electron chi connectivity index (χ0n) is 12.5. The molecule has 0 aromatic heterocycles. The molecule has 0 unspecified atom stereocenters. The number of benzene rings is 1. The lowest BCUT2D eigenvalue weighted by atomic mass is 10.1. The standard InChI is InChI=1S/C15H18N2O5/c1-15(2)13(19)17(14(20)16-15)10-12(18)22-9-8-21-11-6-4-3-5-7-11/h3-7H,8-10H2,1-2H3,(H,16,20). The predicted octanol–water partition coefficient (Wildman–Crippen LogP) is 0.939. The van der Waals surface area contributed by atoms with E-state index in [2.05, 4.69) is 5.32 Å². The number of hydrogen-bond acceptors (Lipinski definition) is 5. The van der Waals surface area contributed by atoms with Gasteiger partial charge in [-0.15, -0.1) is 0 Å². The van der Waals surface area contributed by atoms with Gasteiger partial charge in [0.05, 0.1) is 0 Å². The maximum atomic E-state index is 11.9. The van der Waals surface area contributed by atoms with Gasteiger partial charge in [0, 0.05) is 0 Å². The Hall–Kier alpha value is -2.57. The number of ether oxygens (including phenoxy) is 2. The van der Waals surface area contributed by atoms with Crippen LogP contribution in [-0.4, -0.2) is 48.1 Å². The first-order chi connectivity index (χ1) is 10.4. The maximum absolute atomic E-state index is 11.9. The first-order valence-corrected chi connectivity index (χ1v) is 6.88. The second kappa shape index (κ2) is 6.46. The quantitative estimate of drug-likeness (QED) is 0.480. The average molecular weight is 306 g/mol. The minimum atomic E-state index is -0.992. The number of nitrogens with zero attached hydrogens (tertiary/aromatic N) is 1. The summed E-state index contributed by atoms with van der Waals surface area (Å²) < 4.78 is 10.3. The molecule has 1 aliphatic rings. The van der Waals surface area contributed by atoms with Crippen molar-refractivity contribution in [2.24, 2.45) is 0 Å². The van der Waals surface area contributed by atoms with Crippen LogP contribution in [0.1, 0.15) is 13.8 Å². The SMILES string of the molecule is CC1(C)NC(=O)N(CC(=O)OCCOc2ccccc2)C1=O. The molecule has 0 atom stereocenters. The molecule has 7 nitrogen and oxygen atoms in total. The fourth-order valence-electron chi connectivity index (χ4n) is 1.97. The van der Waals surface area contributed by atoms with E-state index in [9.17, 15) is 14.4 Å². The Labute approximate surface area is 128 Å². The molecular formula is C15H18N2O5. The Morgan fingerprint density at radius 3 is 2.45 bits per heavy atom. The highest BCUT2D eigenvalue weighted by Gasteiger charge is 2.45. The maximum Gasteiger partial charge on any atom is 0.326 e. The van der Waals surface area contributed by atoms with Crippen LogP contribution < -0.4 is 10.1 Å². The van der Waals surface area contributed by atoms with Gasteiger partial charge in [-0.05, 0) is 26.0 Å². The molecule has 7 heteroatoms. The van der Waals surface area contributed by atoms with Crippen molar-refractivity contribution in [1.29, 1.82) is 0 Å². The number of rotatable bonds is 6. The Bertz CT molecular complexity index is 571. The van der Waals surface area contributed by atoms with Gasteiger partial charge in [-0.1, -0.05) is 18.2 Å². The first kappa shape index (κ1) is 15.8. The Morgan fingerprint density at radius 2 is 1.86 bits per heavy atom. The van der Waals surface area contributed by atoms with Gasteiger partial charge in [-0.25, -0.2) is 4.79 Å². The molecule has 3 amide bonds. The smallest absolute Gasteiger partial charge is 0.326 e. The number of para-hydroxylation sites is 1. The third-order valence-corrected chi connectivity index (χ3v) is 3.09. The first-order valence-electron chi connectivity index (χ1n) is 6.88. The van der Waals surface area contributed by atoms with Gasteiger partial charge < -0.3 is 14.8 Å². The molecule has 1 aromatic carbocycles. The number of esters is 1. The third kappa shape index (κ3) is 3.75. The topological polar surface area (TPSA) is 84.9 Å². The van der Waals surface area contributed by atoms with E-state index in [1.807, 2.05) is 18.2 Å². The van der Waals surface area contributed by atoms with Crippen LogP contribution in [0, 0.1) is 0 Å². The Morgan fingerprint density at radius 1 is 1.18 bits per heavy atom. The zero-order chi connectivity index (χ0) is 16.2. The number of amides is 3. The van der Waals surface area contributed by atoms with Crippen molar-refractivity contribution in [3.8, 4) is 5.75 Å². The average Bonchev–Trinajstić information content (AvgIpc) is 2.67. The molecule has 1 fully saturated rings. The summed E-state index contributed by atoms with van der Waals surface area (Å²) in [4.78, 5) is 36.0. The molecule has 0 radical (unpaired) electrons. The summed E-state index contributed by atoms with van der Waals surface area (Å²) in [5, 5.41) is 2.49. The number of imide groups is 1. The van der Waals surface area contributed by atoms with Crippen LogP contribution in [0.5, 0.6) is 5.75 Å². The molecule has 22 heavy (non-hydrogen) atoms. The Balaban J connectivity index is 1.72. The number of urea groups is 1. The lowest BCUT2D eigenvalue weighted by Gasteiger charge is -2.15. The van der Waals surface area contributed by atoms with Gasteiger partial charge in [0.15, 0.2) is 0 Å². The second-order valence-corrected chi connectivity index (χ2v) is 5.33. The van der Waals surface area contributed by atoms with E-state index in [0.29, 0.717) is 5.75 Å². The van der Waals surface area contributed by atoms with Crippen LogP contribution in [0.15, 0.2) is 30.3 Å². The van der Waals surface area contributed by atoms with Crippen LogP contribution >= 0.6 is 0 Å². The van der Waals surface area contributed by atoms with Crippen molar-refractivity contribution in [3.05, 3.63) is 30.3 Å². The summed E-state index contributed by atoms with van der Waals surface area (Å²) in [6, 6.07) is 8.52. The van der Waals surface area contributed by atoms with E-state index in [0.717, 1.165) is 4.90 Å². The highest BCUT2D eigenvalue weighted by atomic mass is 16.6. The summed E-state index contributed by atoms with van der Waals surface area (Å²) in [6.07, 6.45) is 0. The molecule has 1 aromatic rings. The number of nitrogens with one attached hydrogen (secondary N) is 1. The summed E-state index contributed by atoms with van der Waals surface area (Å²) in [7, 11) is 0. The van der Waals surface area contributed by atoms with E-state index in [1.54, 1.807) is 26.0 Å². The molecule has 1 saturated heterocycles. The van der Waals surface area contributed by atoms with Gasteiger partial charge in [-0.2, -0.15) is 0 Å². The van der Waals surface area contributed by atoms with Crippen molar-refractivity contribution in [2.75, 3.05) is 19.8 Å². The van der Waals surface area contributed by atoms with Crippen LogP contribution in [0.25, 0.3) is 0 Å². The van der Waals surface area contributed by atoms with Crippen molar-refractivity contribution in [2.45, 2.75) is 19.4 Å². The van der Waals surface area contributed by atoms with E-state index in [4.69, 9.17) is 9.47 Å². The molecule has 1 heterocycles. The number of carbonyl (C=O) groups excluding carboxylic acids is 3. The van der Waals surface area contributed by atoms with Crippen molar-refractivity contribution in [3.63, 3.8) is 0 Å². The molecule has 0 bridgehead atoms. The van der Waals surface area contributed by atoms with E-state index in [-0.39, 0.29) is 13.2 Å². The second-order valence-electron chi connectivity index (χ2n) is 5.33. The monoisotopic (exact) mass is 306 g/mol. The molecule has 0 spiro atoms. The lowest BCUT2D eigenvalue weighted by Crippen LogP contribution is -2.41. The van der Waals surface area contributed by atoms with Crippen molar-refractivity contribution >= 4 is 17.9 Å².